The summed E-state index contributed by atoms with van der Waals surface area (Å²) in [7, 11) is 0. The third kappa shape index (κ3) is 5.32. The van der Waals surface area contributed by atoms with Crippen molar-refractivity contribution in [3.63, 3.8) is 0 Å². The Balaban J connectivity index is 2.40. The predicted octanol–water partition coefficient (Wildman–Crippen LogP) is 1.11. The number of rotatable bonds is 6. The summed E-state index contributed by atoms with van der Waals surface area (Å²) in [6, 6.07) is 3.25. The molecule has 0 aliphatic rings. The molecule has 0 radical (unpaired) electrons. The minimum absolute atomic E-state index is 0.0467. The van der Waals surface area contributed by atoms with Crippen LogP contribution in [0.3, 0.4) is 0 Å². The van der Waals surface area contributed by atoms with E-state index in [-0.39, 0.29) is 30.6 Å². The SMILES string of the molecule is CC(C)NC(=O)CNCC(O)c1ccc(F)c(F)c1. The number of carbonyl (C=O) groups is 1. The Kier molecular flexibility index (Phi) is 5.85. The fourth-order valence-corrected chi connectivity index (χ4v) is 1.53. The van der Waals surface area contributed by atoms with Crippen molar-refractivity contribution in [2.45, 2.75) is 26.0 Å². The zero-order chi connectivity index (χ0) is 14.4. The molecular weight excluding hydrogens is 254 g/mol. The van der Waals surface area contributed by atoms with Crippen molar-refractivity contribution in [1.29, 1.82) is 0 Å². The van der Waals surface area contributed by atoms with Gasteiger partial charge in [-0.3, -0.25) is 4.79 Å². The fourth-order valence-electron chi connectivity index (χ4n) is 1.53. The highest BCUT2D eigenvalue weighted by Crippen LogP contribution is 2.15. The van der Waals surface area contributed by atoms with Gasteiger partial charge in [-0.2, -0.15) is 0 Å². The summed E-state index contributed by atoms with van der Waals surface area (Å²) < 4.78 is 25.7. The molecule has 1 amide bonds. The number of amides is 1. The maximum absolute atomic E-state index is 13.0. The maximum Gasteiger partial charge on any atom is 0.234 e. The van der Waals surface area contributed by atoms with Crippen molar-refractivity contribution in [2.75, 3.05) is 13.1 Å². The zero-order valence-electron chi connectivity index (χ0n) is 10.9. The van der Waals surface area contributed by atoms with Gasteiger partial charge in [0.2, 0.25) is 5.91 Å². The van der Waals surface area contributed by atoms with Crippen LogP contribution in [0, 0.1) is 11.6 Å². The number of hydrogen-bond acceptors (Lipinski definition) is 3. The molecule has 0 spiro atoms. The average Bonchev–Trinajstić information content (AvgIpc) is 2.31. The molecule has 106 valence electrons. The average molecular weight is 272 g/mol. The number of benzene rings is 1. The van der Waals surface area contributed by atoms with Crippen LogP contribution in [-0.2, 0) is 4.79 Å². The molecule has 1 aromatic rings. The predicted molar refractivity (Wildman–Crippen MR) is 67.5 cm³/mol. The van der Waals surface area contributed by atoms with Crippen LogP contribution >= 0.6 is 0 Å². The highest BCUT2D eigenvalue weighted by molar-refractivity contribution is 5.78. The summed E-state index contributed by atoms with van der Waals surface area (Å²) in [6.45, 7) is 3.82. The topological polar surface area (TPSA) is 61.4 Å². The Bertz CT molecular complexity index is 439. The van der Waals surface area contributed by atoms with E-state index in [9.17, 15) is 18.7 Å². The third-order valence-corrected chi connectivity index (χ3v) is 2.40. The summed E-state index contributed by atoms with van der Waals surface area (Å²) in [6.07, 6.45) is -0.998. The molecule has 0 aliphatic carbocycles. The van der Waals surface area contributed by atoms with E-state index >= 15 is 0 Å². The largest absolute Gasteiger partial charge is 0.387 e. The molecule has 0 heterocycles. The minimum Gasteiger partial charge on any atom is -0.387 e. The van der Waals surface area contributed by atoms with E-state index in [1.807, 2.05) is 13.8 Å². The standard InChI is InChI=1S/C13H18F2N2O2/c1-8(2)17-13(19)7-16-6-12(18)9-3-4-10(14)11(15)5-9/h3-5,8,12,16,18H,6-7H2,1-2H3,(H,17,19). The highest BCUT2D eigenvalue weighted by Gasteiger charge is 2.11. The number of halogens is 2. The second-order valence-corrected chi connectivity index (χ2v) is 4.54. The zero-order valence-corrected chi connectivity index (χ0v) is 10.9. The first-order valence-corrected chi connectivity index (χ1v) is 6.03. The van der Waals surface area contributed by atoms with E-state index in [4.69, 9.17) is 0 Å². The normalized spacial score (nSPS) is 12.5. The lowest BCUT2D eigenvalue weighted by Gasteiger charge is -2.13. The second kappa shape index (κ2) is 7.16. The molecule has 0 fully saturated rings. The summed E-state index contributed by atoms with van der Waals surface area (Å²) in [5.74, 6) is -2.15. The molecule has 19 heavy (non-hydrogen) atoms. The van der Waals surface area contributed by atoms with Gasteiger partial charge in [-0.15, -0.1) is 0 Å². The molecule has 1 aromatic carbocycles. The van der Waals surface area contributed by atoms with Crippen LogP contribution in [0.25, 0.3) is 0 Å². The Morgan fingerprint density at radius 2 is 2.00 bits per heavy atom. The van der Waals surface area contributed by atoms with E-state index < -0.39 is 17.7 Å². The summed E-state index contributed by atoms with van der Waals surface area (Å²) in [5.41, 5.74) is 0.260. The molecular formula is C13H18F2N2O2. The first-order chi connectivity index (χ1) is 8.90. The lowest BCUT2D eigenvalue weighted by atomic mass is 10.1. The van der Waals surface area contributed by atoms with Gasteiger partial charge in [-0.05, 0) is 31.5 Å². The van der Waals surface area contributed by atoms with E-state index in [1.165, 1.54) is 6.07 Å². The van der Waals surface area contributed by atoms with Gasteiger partial charge in [0.15, 0.2) is 11.6 Å². The smallest absolute Gasteiger partial charge is 0.234 e. The number of hydrogen-bond donors (Lipinski definition) is 3. The molecule has 6 heteroatoms. The Morgan fingerprint density at radius 3 is 2.58 bits per heavy atom. The maximum atomic E-state index is 13.0. The van der Waals surface area contributed by atoms with Crippen LogP contribution in [0.2, 0.25) is 0 Å². The minimum atomic E-state index is -1.01. The van der Waals surface area contributed by atoms with Crippen molar-refractivity contribution in [3.05, 3.63) is 35.4 Å². The Labute approximate surface area is 110 Å². The van der Waals surface area contributed by atoms with E-state index in [0.717, 1.165) is 12.1 Å². The third-order valence-electron chi connectivity index (χ3n) is 2.40. The van der Waals surface area contributed by atoms with Crippen LogP contribution in [0.1, 0.15) is 25.5 Å². The monoisotopic (exact) mass is 272 g/mol. The van der Waals surface area contributed by atoms with Gasteiger partial charge in [0, 0.05) is 12.6 Å². The lowest BCUT2D eigenvalue weighted by Crippen LogP contribution is -2.38. The van der Waals surface area contributed by atoms with Gasteiger partial charge in [0.1, 0.15) is 0 Å². The quantitative estimate of drug-likeness (QED) is 0.727. The molecule has 1 rings (SSSR count). The van der Waals surface area contributed by atoms with Crippen LogP contribution in [0.4, 0.5) is 8.78 Å². The molecule has 1 unspecified atom stereocenters. The highest BCUT2D eigenvalue weighted by atomic mass is 19.2. The van der Waals surface area contributed by atoms with Gasteiger partial charge >= 0.3 is 0 Å². The number of carbonyl (C=O) groups excluding carboxylic acids is 1. The van der Waals surface area contributed by atoms with Crippen LogP contribution in [0.15, 0.2) is 18.2 Å². The van der Waals surface area contributed by atoms with Crippen LogP contribution < -0.4 is 10.6 Å². The number of aliphatic hydroxyl groups is 1. The molecule has 0 saturated carbocycles. The number of nitrogens with one attached hydrogen (secondary N) is 2. The van der Waals surface area contributed by atoms with Crippen molar-refractivity contribution in [3.8, 4) is 0 Å². The van der Waals surface area contributed by atoms with Crippen LogP contribution in [-0.4, -0.2) is 30.1 Å². The Hall–Kier alpha value is -1.53. The molecule has 3 N–H and O–H groups in total. The van der Waals surface area contributed by atoms with Gasteiger partial charge in [0.25, 0.3) is 0 Å². The van der Waals surface area contributed by atoms with Gasteiger partial charge in [-0.1, -0.05) is 6.07 Å². The fraction of sp³-hybridized carbons (Fsp3) is 0.462. The van der Waals surface area contributed by atoms with E-state index in [1.54, 1.807) is 0 Å². The first-order valence-electron chi connectivity index (χ1n) is 6.03. The summed E-state index contributed by atoms with van der Waals surface area (Å²) >= 11 is 0. The van der Waals surface area contributed by atoms with Crippen molar-refractivity contribution >= 4 is 5.91 Å². The number of aliphatic hydroxyl groups excluding tert-OH is 1. The molecule has 0 aromatic heterocycles. The molecule has 0 saturated heterocycles. The lowest BCUT2D eigenvalue weighted by molar-refractivity contribution is -0.120. The molecule has 0 bridgehead atoms. The molecule has 1 atom stereocenters. The van der Waals surface area contributed by atoms with Gasteiger partial charge in [0.05, 0.1) is 12.6 Å². The van der Waals surface area contributed by atoms with E-state index in [2.05, 4.69) is 10.6 Å². The van der Waals surface area contributed by atoms with Crippen molar-refractivity contribution in [1.82, 2.24) is 10.6 Å². The first kappa shape index (κ1) is 15.5. The molecule has 0 aliphatic heterocycles. The summed E-state index contributed by atoms with van der Waals surface area (Å²) in [4.78, 5) is 11.3. The van der Waals surface area contributed by atoms with Crippen molar-refractivity contribution in [2.24, 2.45) is 0 Å². The molecule has 4 nitrogen and oxygen atoms in total. The van der Waals surface area contributed by atoms with Gasteiger partial charge < -0.3 is 15.7 Å². The Morgan fingerprint density at radius 1 is 1.32 bits per heavy atom. The van der Waals surface area contributed by atoms with Crippen LogP contribution in [0.5, 0.6) is 0 Å². The summed E-state index contributed by atoms with van der Waals surface area (Å²) in [5, 5.41) is 15.2. The second-order valence-electron chi connectivity index (χ2n) is 4.54. The van der Waals surface area contributed by atoms with Crippen molar-refractivity contribution < 1.29 is 18.7 Å². The van der Waals surface area contributed by atoms with E-state index in [0.29, 0.717) is 0 Å². The van der Waals surface area contributed by atoms with Gasteiger partial charge in [-0.25, -0.2) is 8.78 Å².